The fraction of sp³-hybridized carbons (Fsp3) is 0.222. The van der Waals surface area contributed by atoms with Crippen molar-refractivity contribution in [3.63, 3.8) is 0 Å². The standard InChI is InChI=1S/C27H22FN7OS/c28-24-7-6-23(37-24)19-12-30-13-22-25(19)33-27(32-22)26-18-9-20(31-14-21(18)34-35-26)15-8-17(11-29-10-15)36-16-4-2-1-3-5-16/h6-14,16H,1-5H2,(H,32,33)(H,34,35). The molecule has 1 saturated carbocycles. The summed E-state index contributed by atoms with van der Waals surface area (Å²) in [7, 11) is 0. The van der Waals surface area contributed by atoms with Crippen LogP contribution in [0, 0.1) is 5.13 Å². The van der Waals surface area contributed by atoms with Gasteiger partial charge in [-0.2, -0.15) is 9.49 Å². The van der Waals surface area contributed by atoms with E-state index >= 15 is 0 Å². The lowest BCUT2D eigenvalue weighted by atomic mass is 9.98. The van der Waals surface area contributed by atoms with E-state index in [1.807, 2.05) is 12.1 Å². The van der Waals surface area contributed by atoms with Gasteiger partial charge in [-0.15, -0.1) is 11.3 Å². The molecule has 0 radical (unpaired) electrons. The Bertz CT molecular complexity index is 1730. The maximum atomic E-state index is 13.7. The number of aromatic nitrogens is 7. The second-order valence-electron chi connectivity index (χ2n) is 9.25. The Kier molecular flexibility index (Phi) is 5.39. The average molecular weight is 512 g/mol. The Hall–Kier alpha value is -4.18. The van der Waals surface area contributed by atoms with E-state index in [9.17, 15) is 4.39 Å². The minimum absolute atomic E-state index is 0.246. The summed E-state index contributed by atoms with van der Waals surface area (Å²) < 4.78 is 19.9. The van der Waals surface area contributed by atoms with Crippen molar-refractivity contribution in [2.75, 3.05) is 0 Å². The van der Waals surface area contributed by atoms with Gasteiger partial charge in [0.1, 0.15) is 17.0 Å². The molecule has 2 N–H and O–H groups in total. The molecule has 0 unspecified atom stereocenters. The van der Waals surface area contributed by atoms with Gasteiger partial charge < -0.3 is 9.72 Å². The van der Waals surface area contributed by atoms with Crippen LogP contribution in [0.25, 0.3) is 55.2 Å². The van der Waals surface area contributed by atoms with Crippen molar-refractivity contribution < 1.29 is 9.13 Å². The Balaban J connectivity index is 1.26. The third-order valence-electron chi connectivity index (χ3n) is 6.77. The second-order valence-corrected chi connectivity index (χ2v) is 10.3. The highest BCUT2D eigenvalue weighted by Crippen LogP contribution is 2.34. The second kappa shape index (κ2) is 9.04. The average Bonchev–Trinajstić information content (AvgIpc) is 3.66. The molecular weight excluding hydrogens is 489 g/mol. The van der Waals surface area contributed by atoms with Crippen LogP contribution in [0.2, 0.25) is 0 Å². The third kappa shape index (κ3) is 4.13. The number of ether oxygens (including phenoxy) is 1. The van der Waals surface area contributed by atoms with Crippen LogP contribution in [0.5, 0.6) is 5.75 Å². The van der Waals surface area contributed by atoms with E-state index in [1.54, 1.807) is 37.1 Å². The molecule has 37 heavy (non-hydrogen) atoms. The van der Waals surface area contributed by atoms with Crippen LogP contribution >= 0.6 is 11.3 Å². The molecular formula is C27H22FN7OS. The van der Waals surface area contributed by atoms with Gasteiger partial charge in [0, 0.05) is 33.8 Å². The highest BCUT2D eigenvalue weighted by molar-refractivity contribution is 7.14. The zero-order chi connectivity index (χ0) is 24.8. The number of pyridine rings is 3. The van der Waals surface area contributed by atoms with Crippen LogP contribution in [0.1, 0.15) is 32.1 Å². The minimum atomic E-state index is -0.246. The van der Waals surface area contributed by atoms with E-state index in [1.165, 1.54) is 25.3 Å². The molecule has 1 aliphatic rings. The number of nitrogens with zero attached hydrogens (tertiary/aromatic N) is 5. The number of hydrogen-bond donors (Lipinski definition) is 2. The number of imidazole rings is 1. The van der Waals surface area contributed by atoms with Crippen molar-refractivity contribution in [1.29, 1.82) is 0 Å². The molecule has 6 heterocycles. The first kappa shape index (κ1) is 22.1. The summed E-state index contributed by atoms with van der Waals surface area (Å²) in [6.07, 6.45) is 14.9. The fourth-order valence-electron chi connectivity index (χ4n) is 4.94. The molecule has 1 aliphatic carbocycles. The molecule has 0 spiro atoms. The number of H-pyrrole nitrogens is 2. The van der Waals surface area contributed by atoms with E-state index in [2.05, 4.69) is 30.1 Å². The van der Waals surface area contributed by atoms with E-state index in [0.29, 0.717) is 17.0 Å². The molecule has 0 aliphatic heterocycles. The molecule has 0 saturated heterocycles. The van der Waals surface area contributed by atoms with Gasteiger partial charge in [-0.05, 0) is 49.9 Å². The predicted molar refractivity (Wildman–Crippen MR) is 141 cm³/mol. The first-order valence-corrected chi connectivity index (χ1v) is 13.1. The van der Waals surface area contributed by atoms with Crippen molar-refractivity contribution in [2.24, 2.45) is 0 Å². The topological polar surface area (TPSA) is 105 Å². The maximum absolute atomic E-state index is 13.7. The van der Waals surface area contributed by atoms with Crippen LogP contribution in [0.15, 0.2) is 55.2 Å². The smallest absolute Gasteiger partial charge is 0.176 e. The van der Waals surface area contributed by atoms with Gasteiger partial charge in [-0.3, -0.25) is 20.1 Å². The first-order chi connectivity index (χ1) is 18.2. The van der Waals surface area contributed by atoms with Crippen LogP contribution in [-0.4, -0.2) is 41.2 Å². The number of thiophene rings is 1. The van der Waals surface area contributed by atoms with Gasteiger partial charge in [0.2, 0.25) is 0 Å². The number of nitrogens with one attached hydrogen (secondary N) is 2. The molecule has 184 valence electrons. The molecule has 7 rings (SSSR count). The lowest BCUT2D eigenvalue weighted by Crippen LogP contribution is -2.19. The van der Waals surface area contributed by atoms with Crippen LogP contribution in [0.4, 0.5) is 4.39 Å². The number of halogens is 1. The monoisotopic (exact) mass is 511 g/mol. The van der Waals surface area contributed by atoms with Gasteiger partial charge in [0.05, 0.1) is 41.4 Å². The molecule has 0 amide bonds. The highest BCUT2D eigenvalue weighted by atomic mass is 32.1. The molecule has 10 heteroatoms. The minimum Gasteiger partial charge on any atom is -0.489 e. The largest absolute Gasteiger partial charge is 0.489 e. The lowest BCUT2D eigenvalue weighted by Gasteiger charge is -2.22. The molecule has 0 bridgehead atoms. The maximum Gasteiger partial charge on any atom is 0.176 e. The Morgan fingerprint density at radius 1 is 0.946 bits per heavy atom. The van der Waals surface area contributed by atoms with Gasteiger partial charge in [0.15, 0.2) is 11.0 Å². The number of hydrogen-bond acceptors (Lipinski definition) is 7. The van der Waals surface area contributed by atoms with E-state index in [4.69, 9.17) is 9.72 Å². The summed E-state index contributed by atoms with van der Waals surface area (Å²) in [5.41, 5.74) is 5.35. The number of aromatic amines is 2. The Labute approximate surface area is 215 Å². The van der Waals surface area contributed by atoms with Crippen molar-refractivity contribution in [1.82, 2.24) is 35.1 Å². The molecule has 8 nitrogen and oxygen atoms in total. The lowest BCUT2D eigenvalue weighted by molar-refractivity contribution is 0.154. The van der Waals surface area contributed by atoms with Gasteiger partial charge >= 0.3 is 0 Å². The summed E-state index contributed by atoms with van der Waals surface area (Å²) in [5, 5.41) is 8.20. The molecule has 1 fully saturated rings. The van der Waals surface area contributed by atoms with Gasteiger partial charge in [0.25, 0.3) is 0 Å². The van der Waals surface area contributed by atoms with Crippen molar-refractivity contribution >= 4 is 33.3 Å². The Morgan fingerprint density at radius 2 is 1.84 bits per heavy atom. The SMILES string of the molecule is Fc1ccc(-c2cncc3[nH]c(-c4n[nH]c5cnc(-c6cncc(OC7CCCCC7)c6)cc45)nc23)s1. The zero-order valence-electron chi connectivity index (χ0n) is 19.7. The highest BCUT2D eigenvalue weighted by Gasteiger charge is 2.18. The normalized spacial score (nSPS) is 14.5. The first-order valence-electron chi connectivity index (χ1n) is 12.3. The molecule has 6 aromatic heterocycles. The fourth-order valence-corrected chi connectivity index (χ4v) is 5.68. The van der Waals surface area contributed by atoms with Crippen LogP contribution in [-0.2, 0) is 0 Å². The number of fused-ring (bicyclic) bond motifs is 2. The van der Waals surface area contributed by atoms with E-state index < -0.39 is 0 Å². The molecule has 0 atom stereocenters. The van der Waals surface area contributed by atoms with E-state index in [-0.39, 0.29) is 11.2 Å². The zero-order valence-corrected chi connectivity index (χ0v) is 20.6. The quantitative estimate of drug-likeness (QED) is 0.272. The van der Waals surface area contributed by atoms with Crippen LogP contribution < -0.4 is 4.74 Å². The summed E-state index contributed by atoms with van der Waals surface area (Å²) in [6.45, 7) is 0. The molecule has 0 aromatic carbocycles. The summed E-state index contributed by atoms with van der Waals surface area (Å²) in [5.74, 6) is 1.36. The summed E-state index contributed by atoms with van der Waals surface area (Å²) in [4.78, 5) is 22.3. The van der Waals surface area contributed by atoms with Crippen LogP contribution in [0.3, 0.4) is 0 Å². The third-order valence-corrected chi connectivity index (χ3v) is 7.68. The predicted octanol–water partition coefficient (Wildman–Crippen LogP) is 6.54. The van der Waals surface area contributed by atoms with Gasteiger partial charge in [-0.1, -0.05) is 6.42 Å². The Morgan fingerprint density at radius 3 is 2.70 bits per heavy atom. The summed E-state index contributed by atoms with van der Waals surface area (Å²) >= 11 is 1.07. The van der Waals surface area contributed by atoms with Crippen molar-refractivity contribution in [3.8, 4) is 39.0 Å². The van der Waals surface area contributed by atoms with Gasteiger partial charge in [-0.25, -0.2) is 4.98 Å². The molecule has 6 aromatic rings. The van der Waals surface area contributed by atoms with Crippen molar-refractivity contribution in [2.45, 2.75) is 38.2 Å². The van der Waals surface area contributed by atoms with E-state index in [0.717, 1.165) is 68.0 Å². The summed E-state index contributed by atoms with van der Waals surface area (Å²) in [6, 6.07) is 7.17. The van der Waals surface area contributed by atoms with Crippen molar-refractivity contribution in [3.05, 3.63) is 60.4 Å². The number of rotatable bonds is 5.